The zero-order valence-corrected chi connectivity index (χ0v) is 12.0. The number of carbonyl (C=O) groups excluding carboxylic acids is 1. The van der Waals surface area contributed by atoms with Gasteiger partial charge < -0.3 is 15.4 Å². The van der Waals surface area contributed by atoms with Gasteiger partial charge in [0.2, 0.25) is 5.91 Å². The predicted molar refractivity (Wildman–Crippen MR) is 78.4 cm³/mol. The normalized spacial score (nSPS) is 12.2. The molecule has 1 atom stereocenters. The summed E-state index contributed by atoms with van der Waals surface area (Å²) in [5, 5.41) is 6.18. The van der Waals surface area contributed by atoms with Crippen molar-refractivity contribution in [1.29, 1.82) is 0 Å². The van der Waals surface area contributed by atoms with Gasteiger partial charge in [-0.1, -0.05) is 32.0 Å². The van der Waals surface area contributed by atoms with E-state index in [1.54, 1.807) is 7.11 Å². The van der Waals surface area contributed by atoms with E-state index in [0.717, 1.165) is 24.2 Å². The van der Waals surface area contributed by atoms with Gasteiger partial charge in [0.1, 0.15) is 0 Å². The van der Waals surface area contributed by atoms with Crippen molar-refractivity contribution in [1.82, 2.24) is 5.32 Å². The Morgan fingerprint density at radius 3 is 2.79 bits per heavy atom. The maximum absolute atomic E-state index is 12.1. The lowest BCUT2D eigenvalue weighted by Crippen LogP contribution is -2.30. The van der Waals surface area contributed by atoms with E-state index < -0.39 is 0 Å². The highest BCUT2D eigenvalue weighted by Crippen LogP contribution is 2.16. The third kappa shape index (κ3) is 5.41. The minimum atomic E-state index is -0.0459. The summed E-state index contributed by atoms with van der Waals surface area (Å²) in [6.07, 6.45) is 0.800. The number of ether oxygens (including phenoxy) is 1. The molecular weight excluding hydrogens is 240 g/mol. The van der Waals surface area contributed by atoms with Gasteiger partial charge in [0.15, 0.2) is 0 Å². The molecule has 0 aliphatic carbocycles. The van der Waals surface area contributed by atoms with Crippen LogP contribution in [0.15, 0.2) is 24.3 Å². The molecule has 1 aromatic carbocycles. The first-order chi connectivity index (χ1) is 9.19. The Hall–Kier alpha value is -1.39. The Balaban J connectivity index is 2.62. The van der Waals surface area contributed by atoms with Crippen molar-refractivity contribution in [2.45, 2.75) is 20.3 Å². The van der Waals surface area contributed by atoms with Crippen LogP contribution >= 0.6 is 0 Å². The summed E-state index contributed by atoms with van der Waals surface area (Å²) in [5.41, 5.74) is 1.99. The van der Waals surface area contributed by atoms with E-state index in [-0.39, 0.29) is 11.8 Å². The van der Waals surface area contributed by atoms with Gasteiger partial charge in [0, 0.05) is 25.3 Å². The van der Waals surface area contributed by atoms with E-state index in [1.165, 1.54) is 0 Å². The fourth-order valence-electron chi connectivity index (χ4n) is 1.78. The van der Waals surface area contributed by atoms with Gasteiger partial charge in [0.25, 0.3) is 0 Å². The summed E-state index contributed by atoms with van der Waals surface area (Å²) in [5.74, 6) is 0.00116. The monoisotopic (exact) mass is 264 g/mol. The molecule has 0 aliphatic rings. The standard InChI is InChI=1S/C15H24N2O2/c1-4-16-11-12(2)15(18)17-14-8-6-5-7-13(14)9-10-19-3/h5-8,12,16H,4,9-11H2,1-3H3,(H,17,18). The van der Waals surface area contributed by atoms with Crippen molar-refractivity contribution in [3.8, 4) is 0 Å². The molecule has 0 fully saturated rings. The van der Waals surface area contributed by atoms with Crippen molar-refractivity contribution in [3.63, 3.8) is 0 Å². The van der Waals surface area contributed by atoms with Gasteiger partial charge in [-0.2, -0.15) is 0 Å². The van der Waals surface area contributed by atoms with Gasteiger partial charge in [-0.25, -0.2) is 0 Å². The second kappa shape index (κ2) is 8.67. The highest BCUT2D eigenvalue weighted by Gasteiger charge is 2.13. The van der Waals surface area contributed by atoms with Crippen LogP contribution in [0.25, 0.3) is 0 Å². The Morgan fingerprint density at radius 2 is 2.11 bits per heavy atom. The van der Waals surface area contributed by atoms with E-state index in [9.17, 15) is 4.79 Å². The topological polar surface area (TPSA) is 50.4 Å². The first kappa shape index (κ1) is 15.7. The van der Waals surface area contributed by atoms with Crippen molar-refractivity contribution in [2.24, 2.45) is 5.92 Å². The van der Waals surface area contributed by atoms with Crippen LogP contribution in [0.4, 0.5) is 5.69 Å². The first-order valence-electron chi connectivity index (χ1n) is 6.77. The Labute approximate surface area is 115 Å². The van der Waals surface area contributed by atoms with Gasteiger partial charge in [-0.3, -0.25) is 4.79 Å². The molecule has 0 spiro atoms. The summed E-state index contributed by atoms with van der Waals surface area (Å²) in [6.45, 7) is 6.19. The molecule has 0 saturated heterocycles. The lowest BCUT2D eigenvalue weighted by atomic mass is 10.1. The molecule has 0 aromatic heterocycles. The van der Waals surface area contributed by atoms with E-state index in [2.05, 4.69) is 10.6 Å². The summed E-state index contributed by atoms with van der Waals surface area (Å²) in [7, 11) is 1.68. The number of rotatable bonds is 8. The molecule has 1 rings (SSSR count). The zero-order chi connectivity index (χ0) is 14.1. The molecule has 0 radical (unpaired) electrons. The number of hydrogen-bond acceptors (Lipinski definition) is 3. The molecule has 0 aliphatic heterocycles. The third-order valence-electron chi connectivity index (χ3n) is 3.00. The van der Waals surface area contributed by atoms with Crippen molar-refractivity contribution >= 4 is 11.6 Å². The molecule has 0 bridgehead atoms. The molecular formula is C15H24N2O2. The van der Waals surface area contributed by atoms with E-state index in [1.807, 2.05) is 38.1 Å². The molecule has 1 aromatic rings. The smallest absolute Gasteiger partial charge is 0.228 e. The molecule has 1 unspecified atom stereocenters. The molecule has 19 heavy (non-hydrogen) atoms. The molecule has 2 N–H and O–H groups in total. The Kier molecular flexibility index (Phi) is 7.15. The third-order valence-corrected chi connectivity index (χ3v) is 3.00. The minimum absolute atomic E-state index is 0.0459. The summed E-state index contributed by atoms with van der Waals surface area (Å²) in [4.78, 5) is 12.1. The van der Waals surface area contributed by atoms with Crippen LogP contribution in [0.5, 0.6) is 0 Å². The van der Waals surface area contributed by atoms with Gasteiger partial charge >= 0.3 is 0 Å². The second-order valence-corrected chi connectivity index (χ2v) is 4.60. The summed E-state index contributed by atoms with van der Waals surface area (Å²) >= 11 is 0. The molecule has 0 heterocycles. The van der Waals surface area contributed by atoms with Crippen LogP contribution in [0.2, 0.25) is 0 Å². The van der Waals surface area contributed by atoms with Crippen molar-refractivity contribution < 1.29 is 9.53 Å². The largest absolute Gasteiger partial charge is 0.384 e. The fraction of sp³-hybridized carbons (Fsp3) is 0.533. The number of anilines is 1. The molecule has 0 saturated carbocycles. The van der Waals surface area contributed by atoms with E-state index in [4.69, 9.17) is 4.74 Å². The zero-order valence-electron chi connectivity index (χ0n) is 12.0. The van der Waals surface area contributed by atoms with Crippen LogP contribution in [-0.2, 0) is 16.0 Å². The quantitative estimate of drug-likeness (QED) is 0.755. The second-order valence-electron chi connectivity index (χ2n) is 4.60. The highest BCUT2D eigenvalue weighted by atomic mass is 16.5. The van der Waals surface area contributed by atoms with Gasteiger partial charge in [0.05, 0.1) is 6.61 Å². The van der Waals surface area contributed by atoms with Crippen LogP contribution < -0.4 is 10.6 Å². The number of hydrogen-bond donors (Lipinski definition) is 2. The highest BCUT2D eigenvalue weighted by molar-refractivity contribution is 5.93. The number of para-hydroxylation sites is 1. The van der Waals surface area contributed by atoms with Gasteiger partial charge in [-0.15, -0.1) is 0 Å². The van der Waals surface area contributed by atoms with Crippen LogP contribution in [0, 0.1) is 5.92 Å². The Bertz CT molecular complexity index is 393. The van der Waals surface area contributed by atoms with Crippen LogP contribution in [0.1, 0.15) is 19.4 Å². The molecule has 1 amide bonds. The molecule has 4 heteroatoms. The predicted octanol–water partition coefficient (Wildman–Crippen LogP) is 2.06. The number of carbonyl (C=O) groups is 1. The summed E-state index contributed by atoms with van der Waals surface area (Å²) < 4.78 is 5.08. The maximum Gasteiger partial charge on any atom is 0.228 e. The average Bonchev–Trinajstić information content (AvgIpc) is 2.43. The fourth-order valence-corrected chi connectivity index (χ4v) is 1.78. The van der Waals surface area contributed by atoms with E-state index in [0.29, 0.717) is 13.2 Å². The number of benzene rings is 1. The van der Waals surface area contributed by atoms with E-state index >= 15 is 0 Å². The molecule has 106 valence electrons. The van der Waals surface area contributed by atoms with Crippen molar-refractivity contribution in [3.05, 3.63) is 29.8 Å². The maximum atomic E-state index is 12.1. The summed E-state index contributed by atoms with van der Waals surface area (Å²) in [6, 6.07) is 7.86. The van der Waals surface area contributed by atoms with Crippen LogP contribution in [-0.4, -0.2) is 32.7 Å². The number of nitrogens with one attached hydrogen (secondary N) is 2. The SMILES string of the molecule is CCNCC(C)C(=O)Nc1ccccc1CCOC. The van der Waals surface area contributed by atoms with Crippen molar-refractivity contribution in [2.75, 3.05) is 32.1 Å². The van der Waals surface area contributed by atoms with Gasteiger partial charge in [-0.05, 0) is 24.6 Å². The Morgan fingerprint density at radius 1 is 1.37 bits per heavy atom. The molecule has 4 nitrogen and oxygen atoms in total. The lowest BCUT2D eigenvalue weighted by Gasteiger charge is -2.15. The number of amides is 1. The number of methoxy groups -OCH3 is 1. The average molecular weight is 264 g/mol. The minimum Gasteiger partial charge on any atom is -0.384 e. The first-order valence-corrected chi connectivity index (χ1v) is 6.77. The lowest BCUT2D eigenvalue weighted by molar-refractivity contribution is -0.119. The van der Waals surface area contributed by atoms with Crippen LogP contribution in [0.3, 0.4) is 0 Å².